The molecule has 7 aliphatic carbocycles. The molecule has 5 fully saturated rings. The Kier molecular flexibility index (Phi) is 14.6. The van der Waals surface area contributed by atoms with Crippen molar-refractivity contribution in [3.8, 4) is 0 Å². The van der Waals surface area contributed by atoms with Crippen LogP contribution in [-0.4, -0.2) is 3.21 Å². The third-order valence-corrected chi connectivity index (χ3v) is 24.7. The van der Waals surface area contributed by atoms with Crippen molar-refractivity contribution < 1.29 is 46.1 Å². The predicted molar refractivity (Wildman–Crippen MR) is 216 cm³/mol. The van der Waals surface area contributed by atoms with Crippen LogP contribution in [-0.2, 0) is 21.3 Å². The van der Waals surface area contributed by atoms with Gasteiger partial charge in [0.15, 0.2) is 0 Å². The average Bonchev–Trinajstić information content (AvgIpc) is 3.77. The Labute approximate surface area is 344 Å². The van der Waals surface area contributed by atoms with E-state index in [2.05, 4.69) is 63.9 Å². The molecular formula is C50H68Cl2Zr. The topological polar surface area (TPSA) is 0 Å². The standard InChI is InChI=1S/2C22H29.C6H10.2ClH.Zr/c2*1-3-10-18(11-4-1)22(19-12-5-2-6-13-19)21-16-15-17-9-7-8-14-20(17)21;1-2-4-6-5-3-1;;;/h2*7-9,14-16,18-19,22H,1-6,10-13H2;1-5H2;2*1H;/q;;;;;+2/p-2. The van der Waals surface area contributed by atoms with Crippen LogP contribution < -0.4 is 24.8 Å². The van der Waals surface area contributed by atoms with Gasteiger partial charge in [0, 0.05) is 0 Å². The van der Waals surface area contributed by atoms with Gasteiger partial charge in [0.05, 0.1) is 0 Å². The van der Waals surface area contributed by atoms with E-state index in [1.165, 1.54) is 161 Å². The molecule has 2 atom stereocenters. The van der Waals surface area contributed by atoms with Crippen molar-refractivity contribution in [2.75, 3.05) is 0 Å². The molecule has 0 saturated heterocycles. The van der Waals surface area contributed by atoms with Crippen molar-refractivity contribution in [3.63, 3.8) is 0 Å². The van der Waals surface area contributed by atoms with Crippen LogP contribution in [0.4, 0.5) is 0 Å². The molecule has 2 unspecified atom stereocenters. The summed E-state index contributed by atoms with van der Waals surface area (Å²) in [6.45, 7) is 0. The number of fused-ring (bicyclic) bond motifs is 2. The Balaban J connectivity index is 0.00000218. The van der Waals surface area contributed by atoms with Crippen molar-refractivity contribution >= 4 is 14.4 Å². The quantitative estimate of drug-likeness (QED) is 0.250. The minimum Gasteiger partial charge on any atom is -1.00 e. The molecule has 0 heterocycles. The molecule has 2 aromatic carbocycles. The minimum atomic E-state index is -2.31. The molecule has 0 nitrogen and oxygen atoms in total. The maximum absolute atomic E-state index is 3.06. The monoisotopic (exact) mass is 828 g/mol. The third kappa shape index (κ3) is 8.46. The number of benzene rings is 2. The molecule has 53 heavy (non-hydrogen) atoms. The van der Waals surface area contributed by atoms with Crippen LogP contribution in [0.1, 0.15) is 190 Å². The van der Waals surface area contributed by atoms with E-state index in [1.807, 2.05) is 11.1 Å². The van der Waals surface area contributed by atoms with Gasteiger partial charge in [-0.3, -0.25) is 0 Å². The molecular weight excluding hydrogens is 763 g/mol. The first-order valence-corrected chi connectivity index (χ1v) is 26.8. The van der Waals surface area contributed by atoms with Crippen molar-refractivity contribution in [1.82, 2.24) is 0 Å². The van der Waals surface area contributed by atoms with Crippen molar-refractivity contribution in [2.24, 2.45) is 35.5 Å². The summed E-state index contributed by atoms with van der Waals surface area (Å²) in [5.41, 5.74) is 10.7. The van der Waals surface area contributed by atoms with Crippen LogP contribution in [0.3, 0.4) is 0 Å². The molecule has 0 aromatic heterocycles. The number of hydrogen-bond acceptors (Lipinski definition) is 0. The first kappa shape index (κ1) is 40.4. The van der Waals surface area contributed by atoms with Crippen molar-refractivity contribution in [1.29, 1.82) is 0 Å². The first-order valence-electron chi connectivity index (χ1n) is 22.7. The van der Waals surface area contributed by atoms with Gasteiger partial charge in [0.1, 0.15) is 0 Å². The smallest absolute Gasteiger partial charge is 1.00 e. The Morgan fingerprint density at radius 1 is 0.396 bits per heavy atom. The summed E-state index contributed by atoms with van der Waals surface area (Å²) in [6, 6.07) is 20.2. The zero-order valence-corrected chi connectivity index (χ0v) is 36.8. The fraction of sp³-hybridized carbons (Fsp3) is 0.660. The molecule has 5 saturated carbocycles. The average molecular weight is 831 g/mol. The van der Waals surface area contributed by atoms with Crippen LogP contribution in [0.5, 0.6) is 0 Å². The third-order valence-electron chi connectivity index (χ3n) is 15.8. The largest absolute Gasteiger partial charge is 1.00 e. The predicted octanol–water partition coefficient (Wildman–Crippen LogP) is 8.58. The van der Waals surface area contributed by atoms with Crippen LogP contribution in [0.25, 0.3) is 11.1 Å². The molecule has 0 aliphatic heterocycles. The molecule has 9 rings (SSSR count). The second kappa shape index (κ2) is 19.1. The SMILES string of the molecule is C1=C(C(C2CCCCC2)C2CCCCC2)c2ccccc2[CH]1[Zr+2](=[C]1CCCCC1)[CH]1C=C(C(C2CCCCC2)C2CCCCC2)c2ccccc21.[Cl-].[Cl-]. The van der Waals surface area contributed by atoms with Gasteiger partial charge in [-0.1, -0.05) is 0 Å². The molecule has 7 aliphatic rings. The Bertz CT molecular complexity index is 1440. The zero-order valence-electron chi connectivity index (χ0n) is 32.8. The molecule has 0 N–H and O–H groups in total. The maximum Gasteiger partial charge on any atom is -1.00 e. The molecule has 0 amide bonds. The van der Waals surface area contributed by atoms with Crippen LogP contribution in [0, 0.1) is 35.5 Å². The van der Waals surface area contributed by atoms with E-state index in [-0.39, 0.29) is 24.8 Å². The van der Waals surface area contributed by atoms with Gasteiger partial charge in [-0.2, -0.15) is 0 Å². The summed E-state index contributed by atoms with van der Waals surface area (Å²) in [4.78, 5) is 0. The summed E-state index contributed by atoms with van der Waals surface area (Å²) >= 11 is -2.31. The van der Waals surface area contributed by atoms with E-state index in [4.69, 9.17) is 0 Å². The number of hydrogen-bond donors (Lipinski definition) is 0. The fourth-order valence-corrected chi connectivity index (χ4v) is 23.6. The van der Waals surface area contributed by atoms with Gasteiger partial charge in [-0.25, -0.2) is 0 Å². The summed E-state index contributed by atoms with van der Waals surface area (Å²) in [7, 11) is 0. The molecule has 0 radical (unpaired) electrons. The van der Waals surface area contributed by atoms with Gasteiger partial charge >= 0.3 is 322 Å². The second-order valence-electron chi connectivity index (χ2n) is 18.6. The van der Waals surface area contributed by atoms with Crippen LogP contribution in [0.15, 0.2) is 60.7 Å². The molecule has 286 valence electrons. The summed E-state index contributed by atoms with van der Waals surface area (Å²) < 4.78 is 3.56. The summed E-state index contributed by atoms with van der Waals surface area (Å²) in [5, 5.41) is 0. The Morgan fingerprint density at radius 3 is 1.08 bits per heavy atom. The van der Waals surface area contributed by atoms with Gasteiger partial charge in [0.2, 0.25) is 0 Å². The van der Waals surface area contributed by atoms with Crippen LogP contribution >= 0.6 is 0 Å². The van der Waals surface area contributed by atoms with E-state index >= 15 is 0 Å². The van der Waals surface area contributed by atoms with Crippen molar-refractivity contribution in [3.05, 3.63) is 82.9 Å². The fourth-order valence-electron chi connectivity index (χ4n) is 13.5. The van der Waals surface area contributed by atoms with Gasteiger partial charge in [0.25, 0.3) is 0 Å². The van der Waals surface area contributed by atoms with E-state index < -0.39 is 21.3 Å². The zero-order chi connectivity index (χ0) is 34.0. The van der Waals surface area contributed by atoms with E-state index in [0.717, 1.165) is 42.8 Å². The Hall–Kier alpha value is -0.747. The molecule has 0 spiro atoms. The van der Waals surface area contributed by atoms with E-state index in [1.54, 1.807) is 22.3 Å². The van der Waals surface area contributed by atoms with E-state index in [0.29, 0.717) is 0 Å². The molecule has 0 bridgehead atoms. The van der Waals surface area contributed by atoms with Gasteiger partial charge in [-0.15, -0.1) is 0 Å². The summed E-state index contributed by atoms with van der Waals surface area (Å²) in [5.74, 6) is 5.28. The minimum absolute atomic E-state index is 0. The van der Waals surface area contributed by atoms with Crippen LogP contribution in [0.2, 0.25) is 0 Å². The van der Waals surface area contributed by atoms with E-state index in [9.17, 15) is 0 Å². The van der Waals surface area contributed by atoms with Crippen molar-refractivity contribution in [2.45, 2.75) is 168 Å². The number of rotatable bonds is 8. The molecule has 2 aromatic rings. The summed E-state index contributed by atoms with van der Waals surface area (Å²) in [6.07, 6.45) is 42.9. The second-order valence-corrected chi connectivity index (χ2v) is 25.7. The first-order chi connectivity index (χ1) is 25.3. The van der Waals surface area contributed by atoms with Gasteiger partial charge in [-0.05, 0) is 0 Å². The normalized spacial score (nSPS) is 25.9. The number of allylic oxidation sites excluding steroid dienone is 4. The maximum atomic E-state index is 3.06. The Morgan fingerprint density at radius 2 is 0.717 bits per heavy atom. The van der Waals surface area contributed by atoms with Gasteiger partial charge < -0.3 is 24.8 Å². The number of halogens is 2. The molecule has 3 heteroatoms.